The van der Waals surface area contributed by atoms with E-state index in [9.17, 15) is 0 Å². The second kappa shape index (κ2) is 5.46. The van der Waals surface area contributed by atoms with Crippen LogP contribution in [0.4, 0.5) is 0 Å². The molecule has 1 aliphatic heterocycles. The van der Waals surface area contributed by atoms with E-state index < -0.39 is 0 Å². The van der Waals surface area contributed by atoms with Gasteiger partial charge >= 0.3 is 0 Å². The normalized spacial score (nSPS) is 20.9. The first-order valence-corrected chi connectivity index (χ1v) is 7.33. The maximum Gasteiger partial charge on any atom is 0.129 e. The molecule has 0 bridgehead atoms. The predicted molar refractivity (Wildman–Crippen MR) is 82.1 cm³/mol. The van der Waals surface area contributed by atoms with Gasteiger partial charge in [0.15, 0.2) is 0 Å². The topological polar surface area (TPSA) is 44.5 Å². The predicted octanol–water partition coefficient (Wildman–Crippen LogP) is 3.98. The third-order valence-corrected chi connectivity index (χ3v) is 4.09. The summed E-state index contributed by atoms with van der Waals surface area (Å²) in [5.74, 6) is 1.69. The zero-order valence-electron chi connectivity index (χ0n) is 11.2. The van der Waals surface area contributed by atoms with Crippen molar-refractivity contribution in [2.24, 2.45) is 5.73 Å². The molecule has 104 valence electrons. The van der Waals surface area contributed by atoms with Crippen LogP contribution < -0.4 is 15.2 Å². The minimum absolute atomic E-state index is 0.0360. The van der Waals surface area contributed by atoms with Gasteiger partial charge in [0.25, 0.3) is 0 Å². The molecule has 0 radical (unpaired) electrons. The van der Waals surface area contributed by atoms with Gasteiger partial charge in [-0.2, -0.15) is 0 Å². The van der Waals surface area contributed by atoms with Crippen molar-refractivity contribution >= 4 is 15.9 Å². The molecule has 2 N–H and O–H groups in total. The van der Waals surface area contributed by atoms with E-state index in [1.165, 1.54) is 0 Å². The van der Waals surface area contributed by atoms with Gasteiger partial charge in [0.1, 0.15) is 17.6 Å². The van der Waals surface area contributed by atoms with Gasteiger partial charge in [0.2, 0.25) is 0 Å². The zero-order valence-corrected chi connectivity index (χ0v) is 12.8. The molecule has 0 aliphatic carbocycles. The van der Waals surface area contributed by atoms with Gasteiger partial charge in [-0.1, -0.05) is 34.1 Å². The zero-order chi connectivity index (χ0) is 14.1. The molecule has 3 nitrogen and oxygen atoms in total. The van der Waals surface area contributed by atoms with E-state index in [1.807, 2.05) is 42.5 Å². The van der Waals surface area contributed by atoms with Gasteiger partial charge < -0.3 is 15.2 Å². The molecule has 2 aromatic carbocycles. The molecule has 0 amide bonds. The molecular formula is C16H16BrNO2. The van der Waals surface area contributed by atoms with Gasteiger partial charge in [-0.25, -0.2) is 0 Å². The van der Waals surface area contributed by atoms with Gasteiger partial charge in [-0.15, -0.1) is 0 Å². The summed E-state index contributed by atoms with van der Waals surface area (Å²) in [7, 11) is 1.67. The third kappa shape index (κ3) is 2.41. The average molecular weight is 334 g/mol. The van der Waals surface area contributed by atoms with Crippen LogP contribution in [-0.2, 0) is 0 Å². The van der Waals surface area contributed by atoms with Crippen LogP contribution in [0.2, 0.25) is 0 Å². The number of rotatable bonds is 2. The van der Waals surface area contributed by atoms with Crippen molar-refractivity contribution in [1.82, 2.24) is 0 Å². The summed E-state index contributed by atoms with van der Waals surface area (Å²) in [6, 6.07) is 13.8. The molecular weight excluding hydrogens is 318 g/mol. The molecule has 0 saturated carbocycles. The van der Waals surface area contributed by atoms with Gasteiger partial charge in [-0.3, -0.25) is 0 Å². The first-order chi connectivity index (χ1) is 9.69. The average Bonchev–Trinajstić information content (AvgIpc) is 2.47. The molecule has 3 rings (SSSR count). The lowest BCUT2D eigenvalue weighted by molar-refractivity contribution is 0.158. The molecule has 4 heteroatoms. The molecule has 0 saturated heterocycles. The van der Waals surface area contributed by atoms with E-state index in [4.69, 9.17) is 15.2 Å². The van der Waals surface area contributed by atoms with Gasteiger partial charge in [0.05, 0.1) is 7.11 Å². The molecule has 2 atom stereocenters. The number of ether oxygens (including phenoxy) is 2. The van der Waals surface area contributed by atoms with Crippen molar-refractivity contribution in [3.63, 3.8) is 0 Å². The Morgan fingerprint density at radius 3 is 2.80 bits per heavy atom. The highest BCUT2D eigenvalue weighted by molar-refractivity contribution is 9.10. The standard InChI is InChI=1S/C16H16BrNO2/c1-19-14-5-3-2-4-11(14)16-9-13(18)12-8-10(17)6-7-15(12)20-16/h2-8,13,16H,9,18H2,1H3/t13-,16?/m1/s1. The molecule has 20 heavy (non-hydrogen) atoms. The van der Waals surface area contributed by atoms with Crippen molar-refractivity contribution in [2.75, 3.05) is 7.11 Å². The Labute approximate surface area is 126 Å². The van der Waals surface area contributed by atoms with E-state index in [-0.39, 0.29) is 12.1 Å². The Balaban J connectivity index is 1.97. The van der Waals surface area contributed by atoms with Crippen molar-refractivity contribution in [3.8, 4) is 11.5 Å². The van der Waals surface area contributed by atoms with Gasteiger partial charge in [0, 0.05) is 28.1 Å². The van der Waals surface area contributed by atoms with Crippen LogP contribution in [-0.4, -0.2) is 7.11 Å². The number of fused-ring (bicyclic) bond motifs is 1. The van der Waals surface area contributed by atoms with E-state index in [2.05, 4.69) is 15.9 Å². The van der Waals surface area contributed by atoms with Crippen molar-refractivity contribution in [3.05, 3.63) is 58.1 Å². The number of nitrogens with two attached hydrogens (primary N) is 1. The lowest BCUT2D eigenvalue weighted by Crippen LogP contribution is -2.24. The number of benzene rings is 2. The lowest BCUT2D eigenvalue weighted by Gasteiger charge is -2.31. The van der Waals surface area contributed by atoms with Crippen LogP contribution in [0.1, 0.15) is 29.7 Å². The summed E-state index contributed by atoms with van der Waals surface area (Å²) in [6.07, 6.45) is 0.666. The fourth-order valence-electron chi connectivity index (χ4n) is 2.60. The van der Waals surface area contributed by atoms with Crippen molar-refractivity contribution in [2.45, 2.75) is 18.6 Å². The SMILES string of the molecule is COc1ccccc1C1C[C@@H](N)c2cc(Br)ccc2O1. The highest BCUT2D eigenvalue weighted by atomic mass is 79.9. The highest BCUT2D eigenvalue weighted by Crippen LogP contribution is 2.42. The minimum atomic E-state index is -0.0742. The molecule has 0 spiro atoms. The van der Waals surface area contributed by atoms with E-state index in [0.29, 0.717) is 0 Å². The maximum atomic E-state index is 6.29. The smallest absolute Gasteiger partial charge is 0.129 e. The molecule has 1 aliphatic rings. The first-order valence-electron chi connectivity index (χ1n) is 6.53. The van der Waals surface area contributed by atoms with Crippen LogP contribution in [0.3, 0.4) is 0 Å². The molecule has 0 fully saturated rings. The largest absolute Gasteiger partial charge is 0.496 e. The van der Waals surface area contributed by atoms with Crippen molar-refractivity contribution in [1.29, 1.82) is 0 Å². The Morgan fingerprint density at radius 2 is 2.00 bits per heavy atom. The second-order valence-corrected chi connectivity index (χ2v) is 5.79. The monoisotopic (exact) mass is 333 g/mol. The van der Waals surface area contributed by atoms with Crippen LogP contribution in [0, 0.1) is 0 Å². The maximum absolute atomic E-state index is 6.29. The van der Waals surface area contributed by atoms with E-state index in [0.717, 1.165) is 33.5 Å². The summed E-state index contributed by atoms with van der Waals surface area (Å²) in [5, 5.41) is 0. The number of hydrogen-bond acceptors (Lipinski definition) is 3. The van der Waals surface area contributed by atoms with E-state index >= 15 is 0 Å². The Morgan fingerprint density at radius 1 is 1.20 bits per heavy atom. The molecule has 0 aromatic heterocycles. The van der Waals surface area contributed by atoms with Crippen LogP contribution in [0.15, 0.2) is 46.9 Å². The summed E-state index contributed by atoms with van der Waals surface area (Å²) in [4.78, 5) is 0. The summed E-state index contributed by atoms with van der Waals surface area (Å²) in [5.41, 5.74) is 8.38. The third-order valence-electron chi connectivity index (χ3n) is 3.59. The Kier molecular flexibility index (Phi) is 3.68. The number of methoxy groups -OCH3 is 1. The van der Waals surface area contributed by atoms with Crippen LogP contribution >= 0.6 is 15.9 Å². The number of hydrogen-bond donors (Lipinski definition) is 1. The summed E-state index contributed by atoms with van der Waals surface area (Å²) >= 11 is 3.47. The van der Waals surface area contributed by atoms with E-state index in [1.54, 1.807) is 7.11 Å². The molecule has 1 unspecified atom stereocenters. The summed E-state index contributed by atoms with van der Waals surface area (Å²) < 4.78 is 12.5. The highest BCUT2D eigenvalue weighted by Gasteiger charge is 2.28. The van der Waals surface area contributed by atoms with Gasteiger partial charge in [-0.05, 0) is 24.3 Å². The van der Waals surface area contributed by atoms with Crippen molar-refractivity contribution < 1.29 is 9.47 Å². The minimum Gasteiger partial charge on any atom is -0.496 e. The van der Waals surface area contributed by atoms with Crippen LogP contribution in [0.5, 0.6) is 11.5 Å². The summed E-state index contributed by atoms with van der Waals surface area (Å²) in [6.45, 7) is 0. The second-order valence-electron chi connectivity index (χ2n) is 4.87. The Bertz CT molecular complexity index is 630. The first kappa shape index (κ1) is 13.5. The quantitative estimate of drug-likeness (QED) is 0.903. The number of para-hydroxylation sites is 1. The molecule has 1 heterocycles. The Hall–Kier alpha value is -1.52. The number of halogens is 1. The van der Waals surface area contributed by atoms with Crippen LogP contribution in [0.25, 0.3) is 0 Å². The lowest BCUT2D eigenvalue weighted by atomic mass is 9.93. The fourth-order valence-corrected chi connectivity index (χ4v) is 2.98. The molecule has 2 aromatic rings. The fraction of sp³-hybridized carbons (Fsp3) is 0.250.